The molecule has 0 aliphatic carbocycles. The first-order chi connectivity index (χ1) is 8.11. The molecule has 1 atom stereocenters. The van der Waals surface area contributed by atoms with Crippen molar-refractivity contribution in [3.05, 3.63) is 39.6 Å². The van der Waals surface area contributed by atoms with E-state index in [0.29, 0.717) is 5.92 Å². The Hall–Kier alpha value is -0.740. The predicted octanol–water partition coefficient (Wildman–Crippen LogP) is 5.23. The van der Waals surface area contributed by atoms with Crippen molar-refractivity contribution in [2.75, 3.05) is 0 Å². The van der Waals surface area contributed by atoms with Crippen LogP contribution in [0, 0.1) is 5.82 Å². The maximum absolute atomic E-state index is 13.0. The van der Waals surface area contributed by atoms with Crippen LogP contribution in [-0.2, 0) is 0 Å². The summed E-state index contributed by atoms with van der Waals surface area (Å²) in [7, 11) is 0. The largest absolute Gasteiger partial charge is 0.241 e. The molecule has 17 heavy (non-hydrogen) atoms. The van der Waals surface area contributed by atoms with Crippen molar-refractivity contribution in [3.8, 4) is 10.6 Å². The zero-order valence-electron chi connectivity index (χ0n) is 9.71. The SMILES string of the molecule is CCC(C)c1csc(-c2ccc(F)cc2Br)n1. The number of hydrogen-bond donors (Lipinski definition) is 0. The van der Waals surface area contributed by atoms with Gasteiger partial charge in [0.15, 0.2) is 0 Å². The van der Waals surface area contributed by atoms with Crippen LogP contribution in [0.1, 0.15) is 31.9 Å². The molecule has 0 amide bonds. The minimum absolute atomic E-state index is 0.237. The first kappa shape index (κ1) is 12.7. The van der Waals surface area contributed by atoms with Crippen LogP contribution in [0.5, 0.6) is 0 Å². The van der Waals surface area contributed by atoms with Gasteiger partial charge in [-0.15, -0.1) is 11.3 Å². The molecule has 0 bridgehead atoms. The van der Waals surface area contributed by atoms with Crippen LogP contribution < -0.4 is 0 Å². The van der Waals surface area contributed by atoms with Gasteiger partial charge in [0.1, 0.15) is 10.8 Å². The Morgan fingerprint density at radius 3 is 2.88 bits per heavy atom. The van der Waals surface area contributed by atoms with E-state index < -0.39 is 0 Å². The number of rotatable bonds is 3. The molecule has 0 N–H and O–H groups in total. The number of thiazole rings is 1. The first-order valence-electron chi connectivity index (χ1n) is 5.52. The summed E-state index contributed by atoms with van der Waals surface area (Å²) in [5.41, 5.74) is 2.06. The van der Waals surface area contributed by atoms with Crippen molar-refractivity contribution >= 4 is 27.3 Å². The highest BCUT2D eigenvalue weighted by Crippen LogP contribution is 2.33. The number of nitrogens with zero attached hydrogens (tertiary/aromatic N) is 1. The normalized spacial score (nSPS) is 12.7. The average Bonchev–Trinajstić information content (AvgIpc) is 2.77. The molecule has 1 nitrogen and oxygen atoms in total. The van der Waals surface area contributed by atoms with Crippen LogP contribution in [0.4, 0.5) is 4.39 Å². The summed E-state index contributed by atoms with van der Waals surface area (Å²) in [6.07, 6.45) is 1.08. The highest BCUT2D eigenvalue weighted by molar-refractivity contribution is 9.10. The van der Waals surface area contributed by atoms with Crippen LogP contribution in [0.3, 0.4) is 0 Å². The van der Waals surface area contributed by atoms with Gasteiger partial charge in [-0.2, -0.15) is 0 Å². The monoisotopic (exact) mass is 313 g/mol. The Labute approximate surface area is 113 Å². The topological polar surface area (TPSA) is 12.9 Å². The minimum atomic E-state index is -0.237. The molecule has 1 heterocycles. The molecule has 0 spiro atoms. The fraction of sp³-hybridized carbons (Fsp3) is 0.308. The average molecular weight is 314 g/mol. The lowest BCUT2D eigenvalue weighted by molar-refractivity contribution is 0.627. The minimum Gasteiger partial charge on any atom is -0.241 e. The number of aromatic nitrogens is 1. The van der Waals surface area contributed by atoms with Gasteiger partial charge in [-0.25, -0.2) is 9.37 Å². The Morgan fingerprint density at radius 1 is 1.47 bits per heavy atom. The van der Waals surface area contributed by atoms with E-state index >= 15 is 0 Å². The third kappa shape index (κ3) is 2.75. The first-order valence-corrected chi connectivity index (χ1v) is 7.20. The second kappa shape index (κ2) is 5.27. The summed E-state index contributed by atoms with van der Waals surface area (Å²) >= 11 is 4.98. The molecular formula is C13H13BrFNS. The van der Waals surface area contributed by atoms with Crippen LogP contribution in [0.25, 0.3) is 10.6 Å². The maximum Gasteiger partial charge on any atom is 0.124 e. The molecule has 0 saturated heterocycles. The summed E-state index contributed by atoms with van der Waals surface area (Å²) < 4.78 is 13.8. The lowest BCUT2D eigenvalue weighted by atomic mass is 10.1. The van der Waals surface area contributed by atoms with Gasteiger partial charge in [0.05, 0.1) is 5.69 Å². The Bertz CT molecular complexity index is 524. The second-order valence-electron chi connectivity index (χ2n) is 4.01. The van der Waals surface area contributed by atoms with Crippen molar-refractivity contribution in [2.45, 2.75) is 26.2 Å². The molecule has 90 valence electrons. The molecule has 0 radical (unpaired) electrons. The molecule has 1 unspecified atom stereocenters. The van der Waals surface area contributed by atoms with Crippen molar-refractivity contribution in [2.24, 2.45) is 0 Å². The van der Waals surface area contributed by atoms with Gasteiger partial charge in [-0.1, -0.05) is 13.8 Å². The summed E-state index contributed by atoms with van der Waals surface area (Å²) in [6.45, 7) is 4.32. The van der Waals surface area contributed by atoms with Crippen LogP contribution in [0.2, 0.25) is 0 Å². The predicted molar refractivity (Wildman–Crippen MR) is 73.9 cm³/mol. The van der Waals surface area contributed by atoms with E-state index in [0.717, 1.165) is 27.2 Å². The van der Waals surface area contributed by atoms with Gasteiger partial charge in [-0.3, -0.25) is 0 Å². The Morgan fingerprint density at radius 2 is 2.24 bits per heavy atom. The van der Waals surface area contributed by atoms with E-state index in [1.807, 2.05) is 0 Å². The molecule has 0 fully saturated rings. The van der Waals surface area contributed by atoms with Crippen LogP contribution >= 0.6 is 27.3 Å². The summed E-state index contributed by atoms with van der Waals surface area (Å²) in [4.78, 5) is 4.61. The number of hydrogen-bond acceptors (Lipinski definition) is 2. The van der Waals surface area contributed by atoms with Gasteiger partial charge in [0, 0.05) is 15.4 Å². The molecule has 0 aliphatic heterocycles. The zero-order valence-corrected chi connectivity index (χ0v) is 12.1. The Balaban J connectivity index is 2.37. The quantitative estimate of drug-likeness (QED) is 0.756. The van der Waals surface area contributed by atoms with E-state index in [-0.39, 0.29) is 5.82 Å². The zero-order chi connectivity index (χ0) is 12.4. The fourth-order valence-electron chi connectivity index (χ4n) is 1.51. The van der Waals surface area contributed by atoms with E-state index in [1.54, 1.807) is 17.4 Å². The summed E-state index contributed by atoms with van der Waals surface area (Å²) in [5, 5.41) is 3.02. The van der Waals surface area contributed by atoms with Gasteiger partial charge in [0.25, 0.3) is 0 Å². The smallest absolute Gasteiger partial charge is 0.124 e. The van der Waals surface area contributed by atoms with Crippen molar-refractivity contribution < 1.29 is 4.39 Å². The van der Waals surface area contributed by atoms with Crippen LogP contribution in [-0.4, -0.2) is 4.98 Å². The third-order valence-electron chi connectivity index (χ3n) is 2.80. The van der Waals surface area contributed by atoms with Crippen molar-refractivity contribution in [1.29, 1.82) is 0 Å². The van der Waals surface area contributed by atoms with E-state index in [4.69, 9.17) is 0 Å². The fourth-order valence-corrected chi connectivity index (χ4v) is 3.16. The molecule has 0 saturated carbocycles. The summed E-state index contributed by atoms with van der Waals surface area (Å²) in [5.74, 6) is 0.235. The maximum atomic E-state index is 13.0. The molecule has 1 aromatic heterocycles. The van der Waals surface area contributed by atoms with E-state index in [1.165, 1.54) is 12.1 Å². The van der Waals surface area contributed by atoms with Gasteiger partial charge in [-0.05, 0) is 46.5 Å². The Kier molecular flexibility index (Phi) is 3.94. The highest BCUT2D eigenvalue weighted by Gasteiger charge is 2.12. The van der Waals surface area contributed by atoms with Gasteiger partial charge >= 0.3 is 0 Å². The molecule has 2 aromatic rings. The van der Waals surface area contributed by atoms with Crippen molar-refractivity contribution in [1.82, 2.24) is 4.98 Å². The van der Waals surface area contributed by atoms with Gasteiger partial charge in [0.2, 0.25) is 0 Å². The highest BCUT2D eigenvalue weighted by atomic mass is 79.9. The molecule has 0 aliphatic rings. The third-order valence-corrected chi connectivity index (χ3v) is 4.35. The summed E-state index contributed by atoms with van der Waals surface area (Å²) in [6, 6.07) is 4.70. The lowest BCUT2D eigenvalue weighted by Crippen LogP contribution is -1.91. The molecule has 2 rings (SSSR count). The number of benzene rings is 1. The van der Waals surface area contributed by atoms with Crippen molar-refractivity contribution in [3.63, 3.8) is 0 Å². The molecular weight excluding hydrogens is 301 g/mol. The second-order valence-corrected chi connectivity index (χ2v) is 5.72. The van der Waals surface area contributed by atoms with E-state index in [9.17, 15) is 4.39 Å². The standard InChI is InChI=1S/C13H13BrFNS/c1-3-8(2)12-7-17-13(16-12)10-5-4-9(15)6-11(10)14/h4-8H,3H2,1-2H3. The van der Waals surface area contributed by atoms with Gasteiger partial charge < -0.3 is 0 Å². The lowest BCUT2D eigenvalue weighted by Gasteiger charge is -2.03. The molecule has 1 aromatic carbocycles. The number of halogens is 2. The molecule has 4 heteroatoms. The van der Waals surface area contributed by atoms with E-state index in [2.05, 4.69) is 40.1 Å². The van der Waals surface area contributed by atoms with Crippen LogP contribution in [0.15, 0.2) is 28.1 Å².